The van der Waals surface area contributed by atoms with Crippen molar-refractivity contribution in [2.75, 3.05) is 38.6 Å². The van der Waals surface area contributed by atoms with Gasteiger partial charge in [-0.2, -0.15) is 4.98 Å². The van der Waals surface area contributed by atoms with Gasteiger partial charge in [-0.3, -0.25) is 4.90 Å². The van der Waals surface area contributed by atoms with E-state index in [1.54, 1.807) is 12.6 Å². The predicted molar refractivity (Wildman–Crippen MR) is 84.7 cm³/mol. The summed E-state index contributed by atoms with van der Waals surface area (Å²) in [5.74, 6) is 0.861. The first kappa shape index (κ1) is 14.2. The summed E-state index contributed by atoms with van der Waals surface area (Å²) in [5, 5.41) is 0. The number of nitrogens with zero attached hydrogens (tertiary/aromatic N) is 5. The zero-order valence-electron chi connectivity index (χ0n) is 12.7. The summed E-state index contributed by atoms with van der Waals surface area (Å²) in [6.45, 7) is 5.23. The Morgan fingerprint density at radius 3 is 2.83 bits per heavy atom. The van der Waals surface area contributed by atoms with Crippen molar-refractivity contribution >= 4 is 17.1 Å². The number of imidazole rings is 1. The van der Waals surface area contributed by atoms with Crippen LogP contribution < -0.4 is 5.73 Å². The van der Waals surface area contributed by atoms with E-state index in [2.05, 4.69) is 19.9 Å². The van der Waals surface area contributed by atoms with Crippen LogP contribution in [-0.2, 0) is 11.3 Å². The monoisotopic (exact) mass is 314 g/mol. The minimum atomic E-state index is 0.219. The molecule has 0 aromatic carbocycles. The summed E-state index contributed by atoms with van der Waals surface area (Å²) in [7, 11) is 0. The lowest BCUT2D eigenvalue weighted by Gasteiger charge is -2.26. The third kappa shape index (κ3) is 2.78. The molecule has 0 amide bonds. The van der Waals surface area contributed by atoms with E-state index in [9.17, 15) is 0 Å². The highest BCUT2D eigenvalue weighted by Crippen LogP contribution is 2.25. The lowest BCUT2D eigenvalue weighted by molar-refractivity contribution is 0.0365. The van der Waals surface area contributed by atoms with Gasteiger partial charge in [-0.1, -0.05) is 0 Å². The van der Waals surface area contributed by atoms with Gasteiger partial charge in [0.2, 0.25) is 5.95 Å². The molecule has 0 radical (unpaired) electrons. The summed E-state index contributed by atoms with van der Waals surface area (Å²) in [5.41, 5.74) is 7.93. The van der Waals surface area contributed by atoms with Crippen LogP contribution in [0.15, 0.2) is 29.1 Å². The van der Waals surface area contributed by atoms with Crippen molar-refractivity contribution in [3.8, 4) is 11.5 Å². The quantitative estimate of drug-likeness (QED) is 0.767. The molecule has 1 fully saturated rings. The number of morpholine rings is 1. The van der Waals surface area contributed by atoms with Gasteiger partial charge in [-0.25, -0.2) is 9.97 Å². The number of nitrogen functional groups attached to an aromatic ring is 1. The lowest BCUT2D eigenvalue weighted by Crippen LogP contribution is -2.38. The zero-order valence-corrected chi connectivity index (χ0v) is 12.7. The third-order valence-electron chi connectivity index (χ3n) is 4.00. The number of hydrogen-bond acceptors (Lipinski definition) is 7. The van der Waals surface area contributed by atoms with Gasteiger partial charge in [0.1, 0.15) is 11.2 Å². The van der Waals surface area contributed by atoms with Gasteiger partial charge < -0.3 is 19.5 Å². The Morgan fingerprint density at radius 2 is 2.04 bits per heavy atom. The van der Waals surface area contributed by atoms with Crippen LogP contribution in [0.1, 0.15) is 0 Å². The number of ether oxygens (including phenoxy) is 1. The number of aromatic nitrogens is 4. The highest BCUT2D eigenvalue weighted by molar-refractivity contribution is 5.86. The van der Waals surface area contributed by atoms with Gasteiger partial charge >= 0.3 is 0 Å². The third-order valence-corrected chi connectivity index (χ3v) is 4.00. The van der Waals surface area contributed by atoms with Crippen molar-refractivity contribution in [3.63, 3.8) is 0 Å². The Labute approximate surface area is 132 Å². The summed E-state index contributed by atoms with van der Waals surface area (Å²) < 4.78 is 12.8. The number of furan rings is 1. The van der Waals surface area contributed by atoms with Crippen LogP contribution in [-0.4, -0.2) is 57.3 Å². The van der Waals surface area contributed by atoms with E-state index in [-0.39, 0.29) is 5.95 Å². The molecular weight excluding hydrogens is 296 g/mol. The molecule has 1 saturated heterocycles. The molecule has 1 aliphatic rings. The number of fused-ring (bicyclic) bond motifs is 1. The predicted octanol–water partition coefficient (Wildman–Crippen LogP) is 1.00. The molecule has 8 heteroatoms. The van der Waals surface area contributed by atoms with Crippen LogP contribution in [0.5, 0.6) is 0 Å². The molecule has 8 nitrogen and oxygen atoms in total. The van der Waals surface area contributed by atoms with E-state index in [1.165, 1.54) is 0 Å². The van der Waals surface area contributed by atoms with Crippen LogP contribution in [0.25, 0.3) is 22.6 Å². The molecule has 0 bridgehead atoms. The molecule has 0 unspecified atom stereocenters. The second kappa shape index (κ2) is 5.98. The average molecular weight is 314 g/mol. The molecule has 1 aliphatic heterocycles. The fourth-order valence-corrected chi connectivity index (χ4v) is 2.78. The topological polar surface area (TPSA) is 95.2 Å². The summed E-state index contributed by atoms with van der Waals surface area (Å²) in [6.07, 6.45) is 3.39. The maximum Gasteiger partial charge on any atom is 0.222 e. The van der Waals surface area contributed by atoms with E-state index >= 15 is 0 Å². The van der Waals surface area contributed by atoms with Crippen molar-refractivity contribution in [1.29, 1.82) is 0 Å². The Morgan fingerprint density at radius 1 is 1.17 bits per heavy atom. The van der Waals surface area contributed by atoms with Gasteiger partial charge in [-0.05, 0) is 12.1 Å². The normalized spacial score (nSPS) is 16.2. The molecule has 0 aliphatic carbocycles. The molecule has 120 valence electrons. The minimum absolute atomic E-state index is 0.219. The molecular formula is C15H18N6O2. The highest BCUT2D eigenvalue weighted by atomic mass is 16.5. The first-order valence-corrected chi connectivity index (χ1v) is 7.63. The smallest absolute Gasteiger partial charge is 0.222 e. The first-order valence-electron chi connectivity index (χ1n) is 7.63. The van der Waals surface area contributed by atoms with Crippen LogP contribution in [0.4, 0.5) is 5.95 Å². The molecule has 0 saturated carbocycles. The molecule has 4 heterocycles. The average Bonchev–Trinajstić information content (AvgIpc) is 3.23. The van der Waals surface area contributed by atoms with Crippen molar-refractivity contribution < 1.29 is 9.15 Å². The molecule has 23 heavy (non-hydrogen) atoms. The molecule has 4 rings (SSSR count). The maximum absolute atomic E-state index is 5.87. The van der Waals surface area contributed by atoms with Crippen molar-refractivity contribution in [3.05, 3.63) is 24.7 Å². The second-order valence-corrected chi connectivity index (χ2v) is 5.47. The summed E-state index contributed by atoms with van der Waals surface area (Å²) >= 11 is 0. The van der Waals surface area contributed by atoms with E-state index in [0.29, 0.717) is 17.0 Å². The minimum Gasteiger partial charge on any atom is -0.463 e. The maximum atomic E-state index is 5.87. The fraction of sp³-hybridized carbons (Fsp3) is 0.400. The van der Waals surface area contributed by atoms with Crippen molar-refractivity contribution in [2.24, 2.45) is 0 Å². The fourth-order valence-electron chi connectivity index (χ4n) is 2.78. The Kier molecular flexibility index (Phi) is 3.68. The van der Waals surface area contributed by atoms with Gasteiger partial charge in [0, 0.05) is 26.2 Å². The summed E-state index contributed by atoms with van der Waals surface area (Å²) in [6, 6.07) is 3.66. The first-order chi connectivity index (χ1) is 11.3. The molecule has 0 spiro atoms. The molecule has 2 N–H and O–H groups in total. The van der Waals surface area contributed by atoms with E-state index in [0.717, 1.165) is 45.0 Å². The second-order valence-electron chi connectivity index (χ2n) is 5.47. The van der Waals surface area contributed by atoms with Crippen LogP contribution in [0, 0.1) is 0 Å². The van der Waals surface area contributed by atoms with Crippen LogP contribution in [0.2, 0.25) is 0 Å². The van der Waals surface area contributed by atoms with Gasteiger partial charge in [0.25, 0.3) is 0 Å². The number of nitrogens with two attached hydrogens (primary N) is 1. The van der Waals surface area contributed by atoms with Gasteiger partial charge in [-0.15, -0.1) is 0 Å². The van der Waals surface area contributed by atoms with Crippen LogP contribution in [0.3, 0.4) is 0 Å². The molecule has 3 aromatic rings. The number of hydrogen-bond donors (Lipinski definition) is 1. The largest absolute Gasteiger partial charge is 0.463 e. The Bertz CT molecular complexity index is 792. The van der Waals surface area contributed by atoms with E-state index in [1.807, 2.05) is 16.7 Å². The van der Waals surface area contributed by atoms with Gasteiger partial charge in [0.05, 0.1) is 25.8 Å². The van der Waals surface area contributed by atoms with E-state index in [4.69, 9.17) is 14.9 Å². The lowest BCUT2D eigenvalue weighted by atomic mass is 10.3. The Hall–Kier alpha value is -2.45. The summed E-state index contributed by atoms with van der Waals surface area (Å²) in [4.78, 5) is 15.5. The van der Waals surface area contributed by atoms with Crippen molar-refractivity contribution in [2.45, 2.75) is 6.54 Å². The van der Waals surface area contributed by atoms with Crippen LogP contribution >= 0.6 is 0 Å². The number of anilines is 1. The SMILES string of the molecule is Nc1nc(-c2ccco2)c2ncn(CCN3CCOCC3)c2n1. The molecule has 0 atom stereocenters. The number of rotatable bonds is 4. The standard InChI is InChI=1S/C15H18N6O2/c16-15-18-12(11-2-1-7-23-11)13-14(19-15)21(10-17-13)4-3-20-5-8-22-9-6-20/h1-2,7,10H,3-6,8-9H2,(H2,16,18,19). The zero-order chi connectivity index (χ0) is 15.6. The van der Waals surface area contributed by atoms with E-state index < -0.39 is 0 Å². The molecule has 3 aromatic heterocycles. The van der Waals surface area contributed by atoms with Gasteiger partial charge in [0.15, 0.2) is 11.4 Å². The Balaban J connectivity index is 1.63. The van der Waals surface area contributed by atoms with Crippen molar-refractivity contribution in [1.82, 2.24) is 24.4 Å². The highest BCUT2D eigenvalue weighted by Gasteiger charge is 2.16.